The van der Waals surface area contributed by atoms with Crippen LogP contribution in [0.5, 0.6) is 11.5 Å². The zero-order valence-corrected chi connectivity index (χ0v) is 27.3. The number of carbonyl (C=O) groups excluding carboxylic acids is 1. The molecule has 0 bridgehead atoms. The molecule has 0 fully saturated rings. The van der Waals surface area contributed by atoms with Crippen molar-refractivity contribution in [1.82, 2.24) is 9.55 Å². The predicted molar refractivity (Wildman–Crippen MR) is 180 cm³/mol. The molecule has 3 aromatic carbocycles. The van der Waals surface area contributed by atoms with E-state index in [9.17, 15) is 19.1 Å². The Kier molecular flexibility index (Phi) is 9.98. The number of rotatable bonds is 8. The summed E-state index contributed by atoms with van der Waals surface area (Å²) in [5.41, 5.74) is 4.65. The van der Waals surface area contributed by atoms with E-state index >= 15 is 0 Å². The molecule has 5 aromatic rings. The van der Waals surface area contributed by atoms with E-state index < -0.39 is 5.60 Å². The molecule has 0 saturated carbocycles. The Morgan fingerprint density at radius 1 is 1.00 bits per heavy atom. The fourth-order valence-corrected chi connectivity index (χ4v) is 5.28. The first-order chi connectivity index (χ1) is 21.3. The molecule has 2 heterocycles. The highest BCUT2D eigenvalue weighted by molar-refractivity contribution is 5.98. The van der Waals surface area contributed by atoms with Crippen LogP contribution in [0.1, 0.15) is 62.6 Å². The van der Waals surface area contributed by atoms with E-state index in [2.05, 4.69) is 17.2 Å². The topological polar surface area (TPSA) is 96.3 Å². The second-order valence-electron chi connectivity index (χ2n) is 11.6. The fraction of sp³-hybridized carbons (Fsp3) is 0.297. The van der Waals surface area contributed by atoms with Gasteiger partial charge < -0.3 is 24.7 Å². The number of aromatic nitrogens is 2. The quantitative estimate of drug-likeness (QED) is 0.165. The van der Waals surface area contributed by atoms with Crippen molar-refractivity contribution in [3.05, 3.63) is 111 Å². The summed E-state index contributed by atoms with van der Waals surface area (Å²) in [5.74, 6) is 0.436. The number of amides is 1. The summed E-state index contributed by atoms with van der Waals surface area (Å²) in [5, 5.41) is 14.4. The molecule has 7 nitrogen and oxygen atoms in total. The molecule has 3 N–H and O–H groups in total. The van der Waals surface area contributed by atoms with Crippen molar-refractivity contribution in [2.45, 2.75) is 66.9 Å². The van der Waals surface area contributed by atoms with Crippen LogP contribution in [-0.2, 0) is 30.3 Å². The zero-order valence-electron chi connectivity index (χ0n) is 27.3. The number of pyridine rings is 1. The summed E-state index contributed by atoms with van der Waals surface area (Å²) in [6, 6.07) is 17.7. The Balaban J connectivity index is 0.00000226. The van der Waals surface area contributed by atoms with Crippen molar-refractivity contribution in [2.75, 3.05) is 5.32 Å². The Morgan fingerprint density at radius 3 is 2.24 bits per heavy atom. The lowest BCUT2D eigenvalue weighted by atomic mass is 9.93. The van der Waals surface area contributed by atoms with E-state index in [4.69, 9.17) is 4.74 Å². The molecule has 45 heavy (non-hydrogen) atoms. The number of nitrogens with zero attached hydrogens (tertiary/aromatic N) is 1. The third-order valence-electron chi connectivity index (χ3n) is 7.63. The first kappa shape index (κ1) is 33.2. The summed E-state index contributed by atoms with van der Waals surface area (Å²) in [4.78, 5) is 29.3. The molecule has 5 rings (SSSR count). The molecule has 0 aliphatic carbocycles. The molecule has 0 radical (unpaired) electrons. The van der Waals surface area contributed by atoms with Gasteiger partial charge in [0.2, 0.25) is 5.91 Å². The van der Waals surface area contributed by atoms with Gasteiger partial charge in [-0.25, -0.2) is 4.39 Å². The van der Waals surface area contributed by atoms with Gasteiger partial charge in [0.15, 0.2) is 0 Å². The number of fused-ring (bicyclic) bond motifs is 1. The van der Waals surface area contributed by atoms with Gasteiger partial charge in [-0.3, -0.25) is 9.59 Å². The van der Waals surface area contributed by atoms with Crippen molar-refractivity contribution in [3.63, 3.8) is 0 Å². The maximum Gasteiger partial charge on any atom is 0.274 e. The van der Waals surface area contributed by atoms with Crippen molar-refractivity contribution in [1.29, 1.82) is 0 Å². The molecule has 0 unspecified atom stereocenters. The molecule has 8 heteroatoms. The van der Waals surface area contributed by atoms with E-state index in [1.165, 1.54) is 22.3 Å². The molecule has 2 aromatic heterocycles. The molecule has 0 spiro atoms. The zero-order chi connectivity index (χ0) is 33.1. The number of H-pyrrole nitrogens is 1. The molecule has 236 valence electrons. The minimum Gasteiger partial charge on any atom is -0.456 e. The molecule has 0 atom stereocenters. The van der Waals surface area contributed by atoms with E-state index in [0.717, 1.165) is 6.42 Å². The summed E-state index contributed by atoms with van der Waals surface area (Å²) in [6.07, 6.45) is 2.67. The highest BCUT2D eigenvalue weighted by Crippen LogP contribution is 2.41. The van der Waals surface area contributed by atoms with Crippen LogP contribution in [0.25, 0.3) is 22.0 Å². The molecular weight excluding hydrogens is 569 g/mol. The molecular formula is C37H42FN3O4. The first-order valence-electron chi connectivity index (χ1n) is 15.3. The number of ether oxygens (including phenoxy) is 1. The average molecular weight is 612 g/mol. The van der Waals surface area contributed by atoms with Gasteiger partial charge in [0.05, 0.1) is 12.0 Å². The highest BCUT2D eigenvalue weighted by Gasteiger charge is 2.23. The maximum absolute atomic E-state index is 14.0. The minimum absolute atomic E-state index is 0.0356. The maximum atomic E-state index is 14.0. The number of aromatic amines is 1. The largest absolute Gasteiger partial charge is 0.456 e. The van der Waals surface area contributed by atoms with Crippen LogP contribution in [-0.4, -0.2) is 20.6 Å². The van der Waals surface area contributed by atoms with Crippen molar-refractivity contribution in [3.8, 4) is 22.6 Å². The molecule has 0 aliphatic heterocycles. The van der Waals surface area contributed by atoms with E-state index in [1.54, 1.807) is 59.1 Å². The third kappa shape index (κ3) is 7.35. The second-order valence-corrected chi connectivity index (χ2v) is 11.6. The standard InChI is InChI=1S/C35H36FN3O4.C2H6/c1-7-22-8-11-25(12-9-22)37-31(40)18-26-17-28-29(19-39(6)34(41)32(28)38-26)27-16-23(35(4,5)42)10-13-30(27)43-33-20(2)14-24(36)15-21(33)3;1-2/h8-17,19,38,42H,7,18H2,1-6H3,(H,37,40);1-2H3. The monoisotopic (exact) mass is 611 g/mol. The first-order valence-corrected chi connectivity index (χ1v) is 15.3. The Morgan fingerprint density at radius 2 is 1.64 bits per heavy atom. The van der Waals surface area contributed by atoms with Gasteiger partial charge in [-0.05, 0) is 98.8 Å². The number of benzene rings is 3. The van der Waals surface area contributed by atoms with Crippen LogP contribution in [0.2, 0.25) is 0 Å². The fourth-order valence-electron chi connectivity index (χ4n) is 5.28. The highest BCUT2D eigenvalue weighted by atomic mass is 19.1. The Hall–Kier alpha value is -4.69. The summed E-state index contributed by atoms with van der Waals surface area (Å²) >= 11 is 0. The lowest BCUT2D eigenvalue weighted by molar-refractivity contribution is -0.115. The van der Waals surface area contributed by atoms with Crippen LogP contribution >= 0.6 is 0 Å². The number of hydrogen-bond donors (Lipinski definition) is 3. The number of anilines is 1. The Labute approximate surface area is 263 Å². The van der Waals surface area contributed by atoms with Gasteiger partial charge in [0.25, 0.3) is 5.56 Å². The van der Waals surface area contributed by atoms with Crippen molar-refractivity contribution < 1.29 is 19.0 Å². The number of aryl methyl sites for hydroxylation is 4. The van der Waals surface area contributed by atoms with Gasteiger partial charge in [-0.2, -0.15) is 0 Å². The molecule has 0 saturated heterocycles. The van der Waals surface area contributed by atoms with E-state index in [0.29, 0.717) is 61.6 Å². The van der Waals surface area contributed by atoms with Crippen LogP contribution in [0.4, 0.5) is 10.1 Å². The molecule has 1 amide bonds. The Bertz CT molecular complexity index is 1870. The summed E-state index contributed by atoms with van der Waals surface area (Å²) < 4.78 is 21.9. The lowest BCUT2D eigenvalue weighted by Gasteiger charge is -2.22. The van der Waals surface area contributed by atoms with E-state index in [1.807, 2.05) is 44.2 Å². The average Bonchev–Trinajstić information content (AvgIpc) is 3.41. The molecule has 0 aliphatic rings. The van der Waals surface area contributed by atoms with Gasteiger partial charge >= 0.3 is 0 Å². The third-order valence-corrected chi connectivity index (χ3v) is 7.63. The van der Waals surface area contributed by atoms with Crippen LogP contribution in [0.3, 0.4) is 0 Å². The van der Waals surface area contributed by atoms with Gasteiger partial charge in [0.1, 0.15) is 22.8 Å². The minimum atomic E-state index is -1.15. The number of carbonyl (C=O) groups is 1. The number of aliphatic hydroxyl groups is 1. The van der Waals surface area contributed by atoms with E-state index in [-0.39, 0.29) is 23.7 Å². The van der Waals surface area contributed by atoms with Gasteiger partial charge in [0, 0.05) is 41.1 Å². The van der Waals surface area contributed by atoms with Crippen LogP contribution in [0, 0.1) is 19.7 Å². The number of hydrogen-bond acceptors (Lipinski definition) is 4. The number of halogens is 1. The van der Waals surface area contributed by atoms with Gasteiger partial charge in [-0.1, -0.05) is 39.0 Å². The van der Waals surface area contributed by atoms with Crippen molar-refractivity contribution >= 4 is 22.5 Å². The predicted octanol–water partition coefficient (Wildman–Crippen LogP) is 8.08. The van der Waals surface area contributed by atoms with Gasteiger partial charge in [-0.15, -0.1) is 0 Å². The normalized spacial score (nSPS) is 11.2. The smallest absolute Gasteiger partial charge is 0.274 e. The lowest BCUT2D eigenvalue weighted by Crippen LogP contribution is -2.18. The SMILES string of the molecule is CC.CCc1ccc(NC(=O)Cc2cc3c(-c4cc(C(C)(C)O)ccc4Oc4c(C)cc(F)cc4C)cn(C)c(=O)c3[nH]2)cc1. The summed E-state index contributed by atoms with van der Waals surface area (Å²) in [6.45, 7) is 13.0. The number of nitrogens with one attached hydrogen (secondary N) is 2. The summed E-state index contributed by atoms with van der Waals surface area (Å²) in [7, 11) is 1.66. The van der Waals surface area contributed by atoms with Crippen LogP contribution < -0.4 is 15.6 Å². The second kappa shape index (κ2) is 13.5. The van der Waals surface area contributed by atoms with Crippen LogP contribution in [0.15, 0.2) is 71.7 Å². The van der Waals surface area contributed by atoms with Crippen molar-refractivity contribution in [2.24, 2.45) is 7.05 Å².